The van der Waals surface area contributed by atoms with Gasteiger partial charge in [0.25, 0.3) is 0 Å². The molecule has 2 aromatic carbocycles. The molecule has 3 nitrogen and oxygen atoms in total. The van der Waals surface area contributed by atoms with Crippen molar-refractivity contribution in [2.24, 2.45) is 0 Å². The largest absolute Gasteiger partial charge is 0.353 e. The van der Waals surface area contributed by atoms with E-state index in [9.17, 15) is 4.79 Å². The molecule has 1 heterocycles. The van der Waals surface area contributed by atoms with Crippen LogP contribution < -0.4 is 10.2 Å². The predicted octanol–water partition coefficient (Wildman–Crippen LogP) is 3.96. The van der Waals surface area contributed by atoms with E-state index in [4.69, 9.17) is 11.6 Å². The van der Waals surface area contributed by atoms with Crippen molar-refractivity contribution in [3.63, 3.8) is 0 Å². The van der Waals surface area contributed by atoms with Gasteiger partial charge < -0.3 is 10.2 Å². The van der Waals surface area contributed by atoms with Crippen molar-refractivity contribution in [2.75, 3.05) is 13.1 Å². The second-order valence-electron chi connectivity index (χ2n) is 8.25. The summed E-state index contributed by atoms with van der Waals surface area (Å²) in [7, 11) is 0. The highest BCUT2D eigenvalue weighted by Crippen LogP contribution is 2.35. The molecule has 0 unspecified atom stereocenters. The summed E-state index contributed by atoms with van der Waals surface area (Å²) in [4.78, 5) is 15.3. The number of halogens is 1. The molecule has 1 amide bonds. The number of hydrogen-bond acceptors (Lipinski definition) is 2. The van der Waals surface area contributed by atoms with Gasteiger partial charge >= 0.3 is 0 Å². The van der Waals surface area contributed by atoms with E-state index in [1.54, 1.807) is 16.7 Å². The maximum Gasteiger partial charge on any atom is 0.221 e. The van der Waals surface area contributed by atoms with E-state index in [0.29, 0.717) is 12.5 Å². The lowest BCUT2D eigenvalue weighted by molar-refractivity contribution is -0.918. The first-order chi connectivity index (χ1) is 13.4. The number of hydrogen-bond donors (Lipinski definition) is 2. The average molecular weight is 418 g/mol. The van der Waals surface area contributed by atoms with Gasteiger partial charge in [-0.2, -0.15) is 0 Å². The lowest BCUT2D eigenvalue weighted by Gasteiger charge is -2.31. The van der Waals surface area contributed by atoms with Crippen molar-refractivity contribution in [1.29, 1.82) is 0 Å². The van der Waals surface area contributed by atoms with Crippen LogP contribution in [0.3, 0.4) is 0 Å². The number of likely N-dealkylation sites (tertiary alicyclic amines) is 1. The standard InChI is InChI=1S/C23H29ClN2OS/c1-23(2,28-21-10-8-19(24)9-11-21)16-22(27)25-20-12-14-26(15-13-20)17-18-6-4-3-5-7-18/h3-11,20H,12-17H2,1-2H3,(H,25,27)/p+1. The smallest absolute Gasteiger partial charge is 0.221 e. The summed E-state index contributed by atoms with van der Waals surface area (Å²) < 4.78 is -0.156. The number of piperidine rings is 1. The van der Waals surface area contributed by atoms with Crippen LogP contribution >= 0.6 is 23.4 Å². The number of amides is 1. The molecule has 0 bridgehead atoms. The minimum absolute atomic E-state index is 0.156. The van der Waals surface area contributed by atoms with Crippen molar-refractivity contribution in [3.8, 4) is 0 Å². The fourth-order valence-corrected chi connectivity index (χ4v) is 4.99. The van der Waals surface area contributed by atoms with Crippen LogP contribution in [0.15, 0.2) is 59.5 Å². The Morgan fingerprint density at radius 2 is 1.75 bits per heavy atom. The van der Waals surface area contributed by atoms with Crippen molar-refractivity contribution in [2.45, 2.75) is 55.3 Å². The SMILES string of the molecule is CC(C)(CC(=O)NC1CC[NH+](Cc2ccccc2)CC1)Sc1ccc(Cl)cc1. The molecule has 5 heteroatoms. The fourth-order valence-electron chi connectivity index (χ4n) is 3.75. The van der Waals surface area contributed by atoms with Gasteiger partial charge in [0.15, 0.2) is 0 Å². The second kappa shape index (κ2) is 9.82. The van der Waals surface area contributed by atoms with Crippen LogP contribution in [-0.4, -0.2) is 29.8 Å². The number of carbonyl (C=O) groups is 1. The molecule has 0 atom stereocenters. The number of quaternary nitrogens is 1. The van der Waals surface area contributed by atoms with E-state index in [0.717, 1.165) is 42.4 Å². The van der Waals surface area contributed by atoms with Crippen LogP contribution in [0.1, 0.15) is 38.7 Å². The third-order valence-electron chi connectivity index (χ3n) is 5.15. The summed E-state index contributed by atoms with van der Waals surface area (Å²) in [5.74, 6) is 0.156. The molecule has 2 aromatic rings. The zero-order chi connectivity index (χ0) is 20.0. The first-order valence-corrected chi connectivity index (χ1v) is 11.2. The third kappa shape index (κ3) is 6.84. The number of nitrogens with one attached hydrogen (secondary N) is 2. The van der Waals surface area contributed by atoms with Crippen molar-refractivity contribution in [3.05, 3.63) is 65.2 Å². The Balaban J connectivity index is 1.41. The number of thioether (sulfide) groups is 1. The molecule has 1 saturated heterocycles. The molecular weight excluding hydrogens is 388 g/mol. The molecule has 150 valence electrons. The van der Waals surface area contributed by atoms with Gasteiger partial charge in [0.2, 0.25) is 5.91 Å². The van der Waals surface area contributed by atoms with Crippen LogP contribution in [0.25, 0.3) is 0 Å². The van der Waals surface area contributed by atoms with Gasteiger partial charge in [0, 0.05) is 45.5 Å². The molecule has 1 fully saturated rings. The van der Waals surface area contributed by atoms with E-state index >= 15 is 0 Å². The Kier molecular flexibility index (Phi) is 7.44. The first-order valence-electron chi connectivity index (χ1n) is 10.0. The fraction of sp³-hybridized carbons (Fsp3) is 0.435. The first kappa shape index (κ1) is 21.2. The van der Waals surface area contributed by atoms with E-state index < -0.39 is 0 Å². The summed E-state index contributed by atoms with van der Waals surface area (Å²) in [6.45, 7) is 7.55. The molecule has 28 heavy (non-hydrogen) atoms. The summed E-state index contributed by atoms with van der Waals surface area (Å²) in [6, 6.07) is 18.8. The molecule has 2 N–H and O–H groups in total. The quantitative estimate of drug-likeness (QED) is 0.668. The normalized spacial score (nSPS) is 20.0. The van der Waals surface area contributed by atoms with Gasteiger partial charge in [-0.1, -0.05) is 41.9 Å². The van der Waals surface area contributed by atoms with Gasteiger partial charge in [0.05, 0.1) is 13.1 Å². The maximum atomic E-state index is 12.6. The van der Waals surface area contributed by atoms with E-state index in [1.165, 1.54) is 5.56 Å². The maximum absolute atomic E-state index is 12.6. The Labute approximate surface area is 177 Å². The van der Waals surface area contributed by atoms with E-state index in [2.05, 4.69) is 49.5 Å². The Bertz CT molecular complexity index is 756. The molecule has 1 aliphatic heterocycles. The molecular formula is C23H30ClN2OS+. The average Bonchev–Trinajstić information content (AvgIpc) is 2.65. The van der Waals surface area contributed by atoms with Gasteiger partial charge in [-0.3, -0.25) is 4.79 Å². The highest BCUT2D eigenvalue weighted by molar-refractivity contribution is 8.00. The number of benzene rings is 2. The molecule has 0 spiro atoms. The summed E-state index contributed by atoms with van der Waals surface area (Å²) in [6.07, 6.45) is 2.62. The molecule has 1 aliphatic rings. The molecule has 0 radical (unpaired) electrons. The Morgan fingerprint density at radius 3 is 2.39 bits per heavy atom. The number of carbonyl (C=O) groups excluding carboxylic acids is 1. The summed E-state index contributed by atoms with van der Waals surface area (Å²) in [5, 5.41) is 4.00. The Hall–Kier alpha value is -1.49. The van der Waals surface area contributed by atoms with E-state index in [1.807, 2.05) is 24.3 Å². The van der Waals surface area contributed by atoms with Crippen LogP contribution in [-0.2, 0) is 11.3 Å². The highest BCUT2D eigenvalue weighted by atomic mass is 35.5. The van der Waals surface area contributed by atoms with Crippen molar-refractivity contribution >= 4 is 29.3 Å². The monoisotopic (exact) mass is 417 g/mol. The summed E-state index contributed by atoms with van der Waals surface area (Å²) in [5.41, 5.74) is 1.39. The predicted molar refractivity (Wildman–Crippen MR) is 118 cm³/mol. The van der Waals surface area contributed by atoms with Crippen LogP contribution in [0.4, 0.5) is 0 Å². The van der Waals surface area contributed by atoms with Gasteiger partial charge in [-0.05, 0) is 38.1 Å². The van der Waals surface area contributed by atoms with Crippen molar-refractivity contribution in [1.82, 2.24) is 5.32 Å². The Morgan fingerprint density at radius 1 is 1.11 bits per heavy atom. The lowest BCUT2D eigenvalue weighted by Crippen LogP contribution is -3.12. The second-order valence-corrected chi connectivity index (χ2v) is 10.5. The summed E-state index contributed by atoms with van der Waals surface area (Å²) >= 11 is 7.68. The molecule has 0 aromatic heterocycles. The van der Waals surface area contributed by atoms with Gasteiger partial charge in [-0.25, -0.2) is 0 Å². The lowest BCUT2D eigenvalue weighted by atomic mass is 10.0. The van der Waals surface area contributed by atoms with Gasteiger partial charge in [0.1, 0.15) is 6.54 Å². The number of rotatable bonds is 7. The van der Waals surface area contributed by atoms with Crippen molar-refractivity contribution < 1.29 is 9.69 Å². The topological polar surface area (TPSA) is 33.5 Å². The zero-order valence-electron chi connectivity index (χ0n) is 16.7. The highest BCUT2D eigenvalue weighted by Gasteiger charge is 2.27. The van der Waals surface area contributed by atoms with Crippen LogP contribution in [0.2, 0.25) is 5.02 Å². The van der Waals surface area contributed by atoms with Gasteiger partial charge in [-0.15, -0.1) is 11.8 Å². The van der Waals surface area contributed by atoms with Crippen LogP contribution in [0.5, 0.6) is 0 Å². The molecule has 3 rings (SSSR count). The third-order valence-corrected chi connectivity index (χ3v) is 6.61. The zero-order valence-corrected chi connectivity index (χ0v) is 18.3. The van der Waals surface area contributed by atoms with E-state index in [-0.39, 0.29) is 10.7 Å². The minimum Gasteiger partial charge on any atom is -0.353 e. The van der Waals surface area contributed by atoms with Crippen LogP contribution in [0, 0.1) is 0 Å². The minimum atomic E-state index is -0.156. The molecule has 0 aliphatic carbocycles. The molecule has 0 saturated carbocycles.